The fourth-order valence-electron chi connectivity index (χ4n) is 3.30. The number of nitrogens with one attached hydrogen (secondary N) is 2. The number of carbonyl (C=O) groups excluding carboxylic acids is 2. The van der Waals surface area contributed by atoms with Crippen LogP contribution in [0.5, 0.6) is 0 Å². The van der Waals surface area contributed by atoms with Crippen molar-refractivity contribution < 1.29 is 23.6 Å². The topological polar surface area (TPSA) is 122 Å². The van der Waals surface area contributed by atoms with E-state index in [0.717, 1.165) is 27.9 Å². The number of carbonyl (C=O) groups is 2. The molecule has 4 aromatic rings. The number of hydrogen-bond acceptors (Lipinski definition) is 7. The first-order valence-corrected chi connectivity index (χ1v) is 10.7. The molecule has 0 saturated heterocycles. The van der Waals surface area contributed by atoms with E-state index in [2.05, 4.69) is 20.6 Å². The summed E-state index contributed by atoms with van der Waals surface area (Å²) in [6.45, 7) is -0.0103. The zero-order valence-corrected chi connectivity index (χ0v) is 17.9. The van der Waals surface area contributed by atoms with Gasteiger partial charge < -0.3 is 5.32 Å². The molecule has 33 heavy (non-hydrogen) atoms. The molecule has 4 rings (SSSR count). The van der Waals surface area contributed by atoms with Gasteiger partial charge in [0.25, 0.3) is 5.91 Å². The number of rotatable bonds is 8. The van der Waals surface area contributed by atoms with Crippen molar-refractivity contribution in [1.82, 2.24) is 30.8 Å². The van der Waals surface area contributed by atoms with E-state index in [1.165, 1.54) is 22.1 Å². The number of benzene rings is 2. The third-order valence-electron chi connectivity index (χ3n) is 4.96. The van der Waals surface area contributed by atoms with Crippen molar-refractivity contribution in [3.63, 3.8) is 0 Å². The Hall–Kier alpha value is -3.77. The molecule has 12 heteroatoms. The lowest BCUT2D eigenvalue weighted by Gasteiger charge is -2.16. The standard InChI is InChI=1S/C21H18F2N6O3S/c22-16-3-2-13(7-17(16)23)21(31)24-9-14-10-29(28-26-14)15(8-20(30)27-32)5-12-1-4-18-19(6-12)33-11-25-18/h1-4,6-7,10-11,15,32H,5,8-9H2,(H,24,31)(H,27,30). The van der Waals surface area contributed by atoms with Crippen LogP contribution in [0.4, 0.5) is 8.78 Å². The first kappa shape index (κ1) is 22.4. The Kier molecular flexibility index (Phi) is 6.66. The van der Waals surface area contributed by atoms with E-state index < -0.39 is 29.5 Å². The molecule has 0 spiro atoms. The van der Waals surface area contributed by atoms with Crippen LogP contribution in [0.25, 0.3) is 10.2 Å². The highest BCUT2D eigenvalue weighted by Gasteiger charge is 2.19. The van der Waals surface area contributed by atoms with Gasteiger partial charge in [-0.25, -0.2) is 23.9 Å². The molecule has 9 nitrogen and oxygen atoms in total. The second-order valence-corrected chi connectivity index (χ2v) is 8.14. The van der Waals surface area contributed by atoms with Gasteiger partial charge in [-0.15, -0.1) is 16.4 Å². The molecule has 0 aliphatic carbocycles. The molecule has 0 radical (unpaired) electrons. The van der Waals surface area contributed by atoms with E-state index in [-0.39, 0.29) is 18.5 Å². The van der Waals surface area contributed by atoms with Gasteiger partial charge in [0, 0.05) is 5.56 Å². The summed E-state index contributed by atoms with van der Waals surface area (Å²) >= 11 is 1.51. The van der Waals surface area contributed by atoms with Crippen molar-refractivity contribution in [3.8, 4) is 0 Å². The number of fused-ring (bicyclic) bond motifs is 1. The molecule has 0 aliphatic heterocycles. The lowest BCUT2D eigenvalue weighted by molar-refractivity contribution is -0.130. The number of nitrogens with zero attached hydrogens (tertiary/aromatic N) is 4. The summed E-state index contributed by atoms with van der Waals surface area (Å²) in [6, 6.07) is 8.19. The maximum atomic E-state index is 13.3. The SMILES string of the molecule is O=C(CC(Cc1ccc2ncsc2c1)n1cc(CNC(=O)c2ccc(F)c(F)c2)nn1)NO. The van der Waals surface area contributed by atoms with E-state index in [4.69, 9.17) is 5.21 Å². The second kappa shape index (κ2) is 9.79. The number of aromatic nitrogens is 4. The van der Waals surface area contributed by atoms with Crippen LogP contribution in [0.1, 0.15) is 34.1 Å². The predicted molar refractivity (Wildman–Crippen MR) is 114 cm³/mol. The maximum Gasteiger partial charge on any atom is 0.251 e. The molecule has 1 unspecified atom stereocenters. The summed E-state index contributed by atoms with van der Waals surface area (Å²) in [7, 11) is 0. The summed E-state index contributed by atoms with van der Waals surface area (Å²) in [6.07, 6.45) is 1.96. The van der Waals surface area contributed by atoms with Gasteiger partial charge in [-0.1, -0.05) is 11.3 Å². The number of hydroxylamine groups is 1. The molecular formula is C21H18F2N6O3S. The van der Waals surface area contributed by atoms with Crippen LogP contribution in [0.2, 0.25) is 0 Å². The van der Waals surface area contributed by atoms with E-state index in [1.54, 1.807) is 17.2 Å². The van der Waals surface area contributed by atoms with Crippen LogP contribution in [-0.2, 0) is 17.8 Å². The average Bonchev–Trinajstić information content (AvgIpc) is 3.48. The van der Waals surface area contributed by atoms with Crippen LogP contribution in [-0.4, -0.2) is 37.0 Å². The highest BCUT2D eigenvalue weighted by molar-refractivity contribution is 7.16. The Labute approximate surface area is 190 Å². The Bertz CT molecular complexity index is 1310. The van der Waals surface area contributed by atoms with E-state index >= 15 is 0 Å². The minimum atomic E-state index is -1.12. The summed E-state index contributed by atoms with van der Waals surface area (Å²) in [5.41, 5.74) is 5.58. The summed E-state index contributed by atoms with van der Waals surface area (Å²) in [4.78, 5) is 28.3. The van der Waals surface area contributed by atoms with Crippen LogP contribution < -0.4 is 10.8 Å². The van der Waals surface area contributed by atoms with E-state index in [0.29, 0.717) is 12.1 Å². The normalized spacial score (nSPS) is 12.0. The summed E-state index contributed by atoms with van der Waals surface area (Å²) < 4.78 is 28.9. The maximum absolute atomic E-state index is 13.3. The number of halogens is 2. The lowest BCUT2D eigenvalue weighted by Crippen LogP contribution is -2.25. The van der Waals surface area contributed by atoms with Gasteiger partial charge in [-0.3, -0.25) is 14.8 Å². The first-order valence-electron chi connectivity index (χ1n) is 9.82. The van der Waals surface area contributed by atoms with Crippen LogP contribution in [0.15, 0.2) is 48.1 Å². The van der Waals surface area contributed by atoms with Gasteiger partial charge in [-0.05, 0) is 42.3 Å². The van der Waals surface area contributed by atoms with Gasteiger partial charge in [0.1, 0.15) is 5.69 Å². The lowest BCUT2D eigenvalue weighted by atomic mass is 10.0. The van der Waals surface area contributed by atoms with Crippen LogP contribution in [0.3, 0.4) is 0 Å². The van der Waals surface area contributed by atoms with Gasteiger partial charge in [0.05, 0.1) is 40.9 Å². The molecular weight excluding hydrogens is 454 g/mol. The number of amides is 2. The highest BCUT2D eigenvalue weighted by atomic mass is 32.1. The van der Waals surface area contributed by atoms with Gasteiger partial charge in [-0.2, -0.15) is 0 Å². The zero-order chi connectivity index (χ0) is 23.4. The molecule has 170 valence electrons. The van der Waals surface area contributed by atoms with Crippen molar-refractivity contribution in [1.29, 1.82) is 0 Å². The molecule has 2 heterocycles. The molecule has 2 amide bonds. The molecule has 1 atom stereocenters. The van der Waals surface area contributed by atoms with Gasteiger partial charge in [0.2, 0.25) is 5.91 Å². The van der Waals surface area contributed by atoms with Crippen molar-refractivity contribution in [2.24, 2.45) is 0 Å². The van der Waals surface area contributed by atoms with Crippen molar-refractivity contribution in [2.45, 2.75) is 25.4 Å². The molecule has 0 saturated carbocycles. The van der Waals surface area contributed by atoms with Crippen LogP contribution in [0, 0.1) is 11.6 Å². The monoisotopic (exact) mass is 472 g/mol. The summed E-state index contributed by atoms with van der Waals surface area (Å²) in [5.74, 6) is -3.34. The molecule has 3 N–H and O–H groups in total. The third kappa shape index (κ3) is 5.35. The van der Waals surface area contributed by atoms with Crippen molar-refractivity contribution in [2.75, 3.05) is 0 Å². The second-order valence-electron chi connectivity index (χ2n) is 7.25. The molecule has 0 aliphatic rings. The van der Waals surface area contributed by atoms with E-state index in [9.17, 15) is 18.4 Å². The Morgan fingerprint density at radius 1 is 1.15 bits per heavy atom. The van der Waals surface area contributed by atoms with Crippen LogP contribution >= 0.6 is 11.3 Å². The Balaban J connectivity index is 1.46. The minimum absolute atomic E-state index is 0.0103. The Morgan fingerprint density at radius 2 is 2.00 bits per heavy atom. The quantitative estimate of drug-likeness (QED) is 0.268. The van der Waals surface area contributed by atoms with Crippen molar-refractivity contribution >= 4 is 33.4 Å². The smallest absolute Gasteiger partial charge is 0.251 e. The zero-order valence-electron chi connectivity index (χ0n) is 17.0. The average molecular weight is 472 g/mol. The molecule has 0 bridgehead atoms. The van der Waals surface area contributed by atoms with Crippen molar-refractivity contribution in [3.05, 3.63) is 76.6 Å². The Morgan fingerprint density at radius 3 is 2.79 bits per heavy atom. The molecule has 2 aromatic heterocycles. The fraction of sp³-hybridized carbons (Fsp3) is 0.190. The number of hydrogen-bond donors (Lipinski definition) is 3. The fourth-order valence-corrected chi connectivity index (χ4v) is 4.04. The van der Waals surface area contributed by atoms with E-state index in [1.807, 2.05) is 18.2 Å². The minimum Gasteiger partial charge on any atom is -0.346 e. The van der Waals surface area contributed by atoms with Gasteiger partial charge in [0.15, 0.2) is 11.6 Å². The third-order valence-corrected chi connectivity index (χ3v) is 5.75. The number of thiazole rings is 1. The largest absolute Gasteiger partial charge is 0.346 e. The first-order chi connectivity index (χ1) is 15.9. The molecule has 0 fully saturated rings. The van der Waals surface area contributed by atoms with Gasteiger partial charge >= 0.3 is 0 Å². The highest BCUT2D eigenvalue weighted by Crippen LogP contribution is 2.23. The molecule has 2 aromatic carbocycles. The predicted octanol–water partition coefficient (Wildman–Crippen LogP) is 2.78. The summed E-state index contributed by atoms with van der Waals surface area (Å²) in [5, 5.41) is 19.6.